The van der Waals surface area contributed by atoms with Crippen LogP contribution in [0, 0.1) is 6.92 Å². The molecule has 0 bridgehead atoms. The number of carboxylic acids is 1. The van der Waals surface area contributed by atoms with E-state index in [-0.39, 0.29) is 6.42 Å². The van der Waals surface area contributed by atoms with Gasteiger partial charge < -0.3 is 15.6 Å². The number of hydrogen-bond acceptors (Lipinski definition) is 3. The summed E-state index contributed by atoms with van der Waals surface area (Å²) < 4.78 is 5.16. The van der Waals surface area contributed by atoms with Crippen molar-refractivity contribution in [3.63, 3.8) is 0 Å². The number of methoxy groups -OCH3 is 1. The van der Waals surface area contributed by atoms with Gasteiger partial charge in [0.05, 0.1) is 13.5 Å². The van der Waals surface area contributed by atoms with E-state index in [1.165, 1.54) is 0 Å². The minimum absolute atomic E-state index is 0.0978. The standard InChI is InChI=1S/C11H15NO3/c1-7-3-4-8(10(5-7)15-2)9(12)6-11(13)14/h3-5,9H,6,12H2,1-2H3,(H,13,14). The Hall–Kier alpha value is -1.55. The highest BCUT2D eigenvalue weighted by atomic mass is 16.5. The van der Waals surface area contributed by atoms with Crippen LogP contribution in [0.15, 0.2) is 18.2 Å². The molecule has 0 saturated carbocycles. The Morgan fingerprint density at radius 3 is 2.80 bits per heavy atom. The molecule has 1 aromatic carbocycles. The van der Waals surface area contributed by atoms with Crippen LogP contribution in [0.2, 0.25) is 0 Å². The fraction of sp³-hybridized carbons (Fsp3) is 0.364. The molecule has 4 heteroatoms. The van der Waals surface area contributed by atoms with Crippen molar-refractivity contribution in [2.75, 3.05) is 7.11 Å². The lowest BCUT2D eigenvalue weighted by molar-refractivity contribution is -0.137. The van der Waals surface area contributed by atoms with Gasteiger partial charge in [-0.3, -0.25) is 4.79 Å². The molecule has 0 fully saturated rings. The van der Waals surface area contributed by atoms with Crippen molar-refractivity contribution in [2.24, 2.45) is 5.73 Å². The van der Waals surface area contributed by atoms with Crippen LogP contribution in [0.25, 0.3) is 0 Å². The summed E-state index contributed by atoms with van der Waals surface area (Å²) in [5.74, 6) is -0.270. The Labute approximate surface area is 88.7 Å². The zero-order valence-corrected chi connectivity index (χ0v) is 8.86. The Kier molecular flexibility index (Phi) is 3.68. The zero-order chi connectivity index (χ0) is 11.4. The number of benzene rings is 1. The fourth-order valence-corrected chi connectivity index (χ4v) is 1.42. The molecule has 0 aliphatic carbocycles. The Morgan fingerprint density at radius 1 is 1.60 bits per heavy atom. The number of aliphatic carboxylic acids is 1. The SMILES string of the molecule is COc1cc(C)ccc1C(N)CC(=O)O. The van der Waals surface area contributed by atoms with E-state index in [9.17, 15) is 4.79 Å². The molecule has 1 unspecified atom stereocenters. The first-order chi connectivity index (χ1) is 7.04. The molecular formula is C11H15NO3. The molecule has 1 atom stereocenters. The van der Waals surface area contributed by atoms with E-state index in [0.29, 0.717) is 5.75 Å². The zero-order valence-electron chi connectivity index (χ0n) is 8.86. The smallest absolute Gasteiger partial charge is 0.305 e. The molecule has 0 aromatic heterocycles. The van der Waals surface area contributed by atoms with E-state index in [0.717, 1.165) is 11.1 Å². The van der Waals surface area contributed by atoms with Crippen molar-refractivity contribution in [1.29, 1.82) is 0 Å². The van der Waals surface area contributed by atoms with Crippen LogP contribution in [0.1, 0.15) is 23.6 Å². The molecule has 0 aliphatic heterocycles. The molecule has 0 aliphatic rings. The molecule has 1 aromatic rings. The van der Waals surface area contributed by atoms with Crippen LogP contribution in [0.3, 0.4) is 0 Å². The first kappa shape index (κ1) is 11.5. The van der Waals surface area contributed by atoms with Gasteiger partial charge >= 0.3 is 5.97 Å². The van der Waals surface area contributed by atoms with Gasteiger partial charge in [0.15, 0.2) is 0 Å². The lowest BCUT2D eigenvalue weighted by Crippen LogP contribution is -2.15. The van der Waals surface area contributed by atoms with Crippen molar-refractivity contribution >= 4 is 5.97 Å². The molecule has 0 radical (unpaired) electrons. The number of carbonyl (C=O) groups is 1. The van der Waals surface area contributed by atoms with Gasteiger partial charge in [0.25, 0.3) is 0 Å². The number of aryl methyl sites for hydroxylation is 1. The predicted molar refractivity (Wildman–Crippen MR) is 56.9 cm³/mol. The predicted octanol–water partition coefficient (Wildman–Crippen LogP) is 1.48. The van der Waals surface area contributed by atoms with Crippen molar-refractivity contribution in [2.45, 2.75) is 19.4 Å². The average Bonchev–Trinajstić information content (AvgIpc) is 2.16. The lowest BCUT2D eigenvalue weighted by atomic mass is 10.0. The maximum absolute atomic E-state index is 10.5. The number of nitrogens with two attached hydrogens (primary N) is 1. The van der Waals surface area contributed by atoms with Crippen LogP contribution in [0.5, 0.6) is 5.75 Å². The highest BCUT2D eigenvalue weighted by Gasteiger charge is 2.14. The van der Waals surface area contributed by atoms with Crippen LogP contribution in [-0.2, 0) is 4.79 Å². The molecule has 4 nitrogen and oxygen atoms in total. The molecule has 0 amide bonds. The number of carboxylic acid groups (broad SMARTS) is 1. The summed E-state index contributed by atoms with van der Waals surface area (Å²) >= 11 is 0. The second kappa shape index (κ2) is 4.79. The third-order valence-corrected chi connectivity index (χ3v) is 2.18. The van der Waals surface area contributed by atoms with Crippen LogP contribution < -0.4 is 10.5 Å². The summed E-state index contributed by atoms with van der Waals surface area (Å²) in [7, 11) is 1.55. The molecule has 0 saturated heterocycles. The average molecular weight is 209 g/mol. The Morgan fingerprint density at radius 2 is 2.27 bits per heavy atom. The second-order valence-corrected chi connectivity index (χ2v) is 3.45. The molecular weight excluding hydrogens is 194 g/mol. The molecule has 82 valence electrons. The van der Waals surface area contributed by atoms with Gasteiger partial charge in [-0.25, -0.2) is 0 Å². The monoisotopic (exact) mass is 209 g/mol. The van der Waals surface area contributed by atoms with Gasteiger partial charge in [-0.1, -0.05) is 12.1 Å². The molecule has 0 spiro atoms. The summed E-state index contributed by atoms with van der Waals surface area (Å²) in [6, 6.07) is 5.01. The normalized spacial score (nSPS) is 12.2. The minimum Gasteiger partial charge on any atom is -0.496 e. The van der Waals surface area contributed by atoms with E-state index in [4.69, 9.17) is 15.6 Å². The van der Waals surface area contributed by atoms with Gasteiger partial charge in [-0.15, -0.1) is 0 Å². The molecule has 15 heavy (non-hydrogen) atoms. The number of ether oxygens (including phenoxy) is 1. The van der Waals surface area contributed by atoms with Crippen LogP contribution >= 0.6 is 0 Å². The summed E-state index contributed by atoms with van der Waals surface area (Å²) in [6.07, 6.45) is -0.0978. The van der Waals surface area contributed by atoms with Gasteiger partial charge in [-0.2, -0.15) is 0 Å². The van der Waals surface area contributed by atoms with Crippen LogP contribution in [0.4, 0.5) is 0 Å². The molecule has 1 rings (SSSR count). The van der Waals surface area contributed by atoms with Crippen LogP contribution in [-0.4, -0.2) is 18.2 Å². The maximum atomic E-state index is 10.5. The largest absolute Gasteiger partial charge is 0.496 e. The second-order valence-electron chi connectivity index (χ2n) is 3.45. The van der Waals surface area contributed by atoms with E-state index >= 15 is 0 Å². The van der Waals surface area contributed by atoms with Gasteiger partial charge in [0.2, 0.25) is 0 Å². The summed E-state index contributed by atoms with van der Waals surface area (Å²) in [6.45, 7) is 1.94. The van der Waals surface area contributed by atoms with Crippen molar-refractivity contribution in [3.05, 3.63) is 29.3 Å². The van der Waals surface area contributed by atoms with E-state index < -0.39 is 12.0 Å². The lowest BCUT2D eigenvalue weighted by Gasteiger charge is -2.14. The Bertz CT molecular complexity index is 363. The number of rotatable bonds is 4. The summed E-state index contributed by atoms with van der Waals surface area (Å²) in [5.41, 5.74) is 7.54. The first-order valence-electron chi connectivity index (χ1n) is 4.66. The summed E-state index contributed by atoms with van der Waals surface area (Å²) in [4.78, 5) is 10.5. The van der Waals surface area contributed by atoms with Gasteiger partial charge in [0.1, 0.15) is 5.75 Å². The van der Waals surface area contributed by atoms with E-state index in [1.54, 1.807) is 7.11 Å². The quantitative estimate of drug-likeness (QED) is 0.787. The molecule has 0 heterocycles. The summed E-state index contributed by atoms with van der Waals surface area (Å²) in [5, 5.41) is 8.64. The molecule has 3 N–H and O–H groups in total. The maximum Gasteiger partial charge on any atom is 0.305 e. The Balaban J connectivity index is 2.97. The van der Waals surface area contributed by atoms with Gasteiger partial charge in [0, 0.05) is 11.6 Å². The van der Waals surface area contributed by atoms with Crippen molar-refractivity contribution < 1.29 is 14.6 Å². The van der Waals surface area contributed by atoms with E-state index in [2.05, 4.69) is 0 Å². The topological polar surface area (TPSA) is 72.5 Å². The van der Waals surface area contributed by atoms with E-state index in [1.807, 2.05) is 25.1 Å². The van der Waals surface area contributed by atoms with Gasteiger partial charge in [-0.05, 0) is 18.6 Å². The third kappa shape index (κ3) is 2.95. The first-order valence-corrected chi connectivity index (χ1v) is 4.66. The number of hydrogen-bond donors (Lipinski definition) is 2. The third-order valence-electron chi connectivity index (χ3n) is 2.18. The van der Waals surface area contributed by atoms with Crippen molar-refractivity contribution in [1.82, 2.24) is 0 Å². The highest BCUT2D eigenvalue weighted by molar-refractivity contribution is 5.68. The highest BCUT2D eigenvalue weighted by Crippen LogP contribution is 2.26. The fourth-order valence-electron chi connectivity index (χ4n) is 1.42. The van der Waals surface area contributed by atoms with Crippen molar-refractivity contribution in [3.8, 4) is 5.75 Å². The minimum atomic E-state index is -0.912.